The number of carboxylic acid groups (broad SMARTS) is 2. The minimum absolute atomic E-state index is 0.300. The molecule has 0 heterocycles. The van der Waals surface area contributed by atoms with Crippen molar-refractivity contribution < 1.29 is 19.8 Å². The number of aliphatic carboxylic acids is 2. The van der Waals surface area contributed by atoms with E-state index in [9.17, 15) is 9.59 Å². The highest BCUT2D eigenvalue weighted by atomic mass is 16.4. The Morgan fingerprint density at radius 2 is 1.47 bits per heavy atom. The van der Waals surface area contributed by atoms with Gasteiger partial charge in [-0.2, -0.15) is 0 Å². The first kappa shape index (κ1) is 28.5. The zero-order chi connectivity index (χ0) is 24.4. The summed E-state index contributed by atoms with van der Waals surface area (Å²) in [5, 5.41) is 17.6. The van der Waals surface area contributed by atoms with Crippen molar-refractivity contribution in [3.8, 4) is 0 Å². The van der Waals surface area contributed by atoms with Crippen molar-refractivity contribution in [1.29, 1.82) is 0 Å². The molecule has 2 N–H and O–H groups in total. The molecule has 0 radical (unpaired) electrons. The Kier molecular flexibility index (Phi) is 11.7. The second-order valence-corrected chi connectivity index (χ2v) is 10.9. The lowest BCUT2D eigenvalue weighted by Gasteiger charge is -2.38. The van der Waals surface area contributed by atoms with Crippen LogP contribution in [0.15, 0.2) is 23.8 Å². The molecule has 2 aliphatic rings. The number of fused-ring (bicyclic) bond motifs is 2. The quantitative estimate of drug-likeness (QED) is 0.221. The van der Waals surface area contributed by atoms with Crippen LogP contribution in [0.3, 0.4) is 0 Å². The summed E-state index contributed by atoms with van der Waals surface area (Å²) in [5.41, 5.74) is 1.53. The molecule has 0 amide bonds. The Morgan fingerprint density at radius 1 is 0.938 bits per heavy atom. The van der Waals surface area contributed by atoms with Crippen LogP contribution in [0.2, 0.25) is 0 Å². The van der Waals surface area contributed by atoms with E-state index in [2.05, 4.69) is 34.3 Å². The maximum absolute atomic E-state index is 10.9. The van der Waals surface area contributed by atoms with E-state index in [1.165, 1.54) is 64.2 Å². The van der Waals surface area contributed by atoms with E-state index in [-0.39, 0.29) is 0 Å². The highest BCUT2D eigenvalue weighted by Gasteiger charge is 2.60. The van der Waals surface area contributed by atoms with E-state index < -0.39 is 11.9 Å². The van der Waals surface area contributed by atoms with Crippen molar-refractivity contribution in [2.75, 3.05) is 0 Å². The number of carboxylic acids is 2. The molecule has 184 valence electrons. The highest BCUT2D eigenvalue weighted by Crippen LogP contribution is 2.68. The molecule has 32 heavy (non-hydrogen) atoms. The Balaban J connectivity index is 0.000000320. The van der Waals surface area contributed by atoms with Crippen LogP contribution in [0, 0.1) is 22.7 Å². The molecule has 0 spiro atoms. The van der Waals surface area contributed by atoms with Gasteiger partial charge in [-0.15, -0.1) is 0 Å². The second kappa shape index (κ2) is 13.2. The average molecular weight is 449 g/mol. The first-order chi connectivity index (χ1) is 15.0. The second-order valence-electron chi connectivity index (χ2n) is 10.9. The third kappa shape index (κ3) is 7.78. The van der Waals surface area contributed by atoms with E-state index in [4.69, 9.17) is 10.2 Å². The van der Waals surface area contributed by atoms with Gasteiger partial charge >= 0.3 is 11.9 Å². The lowest BCUT2D eigenvalue weighted by Crippen LogP contribution is -2.31. The summed E-state index contributed by atoms with van der Waals surface area (Å²) in [4.78, 5) is 21.4. The molecule has 2 rings (SSSR count). The minimum atomic E-state index is -0.848. The van der Waals surface area contributed by atoms with Crippen LogP contribution in [0.5, 0.6) is 0 Å². The van der Waals surface area contributed by atoms with Gasteiger partial charge in [-0.05, 0) is 61.7 Å². The van der Waals surface area contributed by atoms with Crippen molar-refractivity contribution in [3.05, 3.63) is 23.8 Å². The van der Waals surface area contributed by atoms with Gasteiger partial charge in [-0.1, -0.05) is 91.7 Å². The van der Waals surface area contributed by atoms with Gasteiger partial charge in [0.15, 0.2) is 0 Å². The van der Waals surface area contributed by atoms with Gasteiger partial charge in [0.25, 0.3) is 0 Å². The maximum atomic E-state index is 10.9. The molecule has 2 saturated carbocycles. The van der Waals surface area contributed by atoms with Gasteiger partial charge in [-0.3, -0.25) is 0 Å². The molecule has 2 fully saturated rings. The first-order valence-corrected chi connectivity index (χ1v) is 12.8. The molecule has 0 aromatic carbocycles. The monoisotopic (exact) mass is 448 g/mol. The summed E-state index contributed by atoms with van der Waals surface area (Å²) < 4.78 is 0. The molecular weight excluding hydrogens is 400 g/mol. The van der Waals surface area contributed by atoms with E-state index in [1.807, 2.05) is 6.08 Å². The highest BCUT2D eigenvalue weighted by molar-refractivity contribution is 5.86. The summed E-state index contributed by atoms with van der Waals surface area (Å²) in [6.45, 7) is 14.5. The van der Waals surface area contributed by atoms with Crippen LogP contribution in [0.25, 0.3) is 0 Å². The van der Waals surface area contributed by atoms with Gasteiger partial charge < -0.3 is 10.2 Å². The van der Waals surface area contributed by atoms with E-state index in [1.54, 1.807) is 6.92 Å². The predicted molar refractivity (Wildman–Crippen MR) is 133 cm³/mol. The Bertz CT molecular complexity index is 660. The molecule has 4 heteroatoms. The molecule has 3 unspecified atom stereocenters. The smallest absolute Gasteiger partial charge is 0.330 e. The zero-order valence-electron chi connectivity index (χ0n) is 21.3. The largest absolute Gasteiger partial charge is 0.478 e. The normalized spacial score (nSPS) is 25.8. The Hall–Kier alpha value is -1.58. The maximum Gasteiger partial charge on any atom is 0.330 e. The zero-order valence-corrected chi connectivity index (χ0v) is 21.3. The lowest BCUT2D eigenvalue weighted by molar-refractivity contribution is -0.133. The predicted octanol–water partition coefficient (Wildman–Crippen LogP) is 8.03. The van der Waals surface area contributed by atoms with Crippen LogP contribution >= 0.6 is 0 Å². The number of carbonyl (C=O) groups is 2. The topological polar surface area (TPSA) is 74.6 Å². The standard InChI is InChI=1S/C14H22O2.C14H26O2/c1-9(12(15)16)7-11-8-10-5-6-14(11,4)13(10,2)3;1-3-4-5-6-7-8-9-10-11-12-13(2)14(15)16/h7,10-11H,5-6,8H2,1-4H3,(H,15,16);2-12H2,1H3,(H,15,16). The number of rotatable bonds is 13. The van der Waals surface area contributed by atoms with Gasteiger partial charge in [0.05, 0.1) is 0 Å². The van der Waals surface area contributed by atoms with E-state index in [0.29, 0.717) is 34.3 Å². The SMILES string of the molecule is C=C(CCCCCCCCCCC)C(=O)O.CC(=CC1CC2CCC1(C)C2(C)C)C(=O)O. The average Bonchev–Trinajstić information content (AvgIpc) is 3.06. The summed E-state index contributed by atoms with van der Waals surface area (Å²) in [7, 11) is 0. The number of unbranched alkanes of at least 4 members (excludes halogenated alkanes) is 8. The fraction of sp³-hybridized carbons (Fsp3) is 0.786. The Labute approximate surface area is 196 Å². The summed E-state index contributed by atoms with van der Waals surface area (Å²) in [6, 6.07) is 0. The molecule has 4 nitrogen and oxygen atoms in total. The van der Waals surface area contributed by atoms with Crippen LogP contribution in [-0.2, 0) is 9.59 Å². The van der Waals surface area contributed by atoms with Crippen LogP contribution in [0.1, 0.15) is 118 Å². The molecule has 2 aliphatic carbocycles. The summed E-state index contributed by atoms with van der Waals surface area (Å²) in [5.74, 6) is -0.388. The molecule has 2 bridgehead atoms. The van der Waals surface area contributed by atoms with Crippen molar-refractivity contribution in [1.82, 2.24) is 0 Å². The van der Waals surface area contributed by atoms with Crippen LogP contribution < -0.4 is 0 Å². The minimum Gasteiger partial charge on any atom is -0.478 e. The molecule has 0 saturated heterocycles. The molecule has 0 aromatic rings. The van der Waals surface area contributed by atoms with Crippen molar-refractivity contribution in [3.63, 3.8) is 0 Å². The first-order valence-electron chi connectivity index (χ1n) is 12.8. The summed E-state index contributed by atoms with van der Waals surface area (Å²) in [6.07, 6.45) is 17.8. The number of allylic oxidation sites excluding steroid dienone is 1. The molecule has 0 aliphatic heterocycles. The Morgan fingerprint density at radius 3 is 1.88 bits per heavy atom. The van der Waals surface area contributed by atoms with Gasteiger partial charge in [0, 0.05) is 11.1 Å². The fourth-order valence-electron chi connectivity index (χ4n) is 5.65. The van der Waals surface area contributed by atoms with Gasteiger partial charge in [0.1, 0.15) is 0 Å². The van der Waals surface area contributed by atoms with E-state index in [0.717, 1.165) is 18.8 Å². The molecular formula is C28H48O4. The van der Waals surface area contributed by atoms with Crippen LogP contribution in [-0.4, -0.2) is 22.2 Å². The number of hydrogen-bond acceptors (Lipinski definition) is 2. The van der Waals surface area contributed by atoms with E-state index >= 15 is 0 Å². The van der Waals surface area contributed by atoms with Crippen molar-refractivity contribution in [2.45, 2.75) is 118 Å². The van der Waals surface area contributed by atoms with Gasteiger partial charge in [-0.25, -0.2) is 9.59 Å². The third-order valence-electron chi connectivity index (χ3n) is 8.53. The summed E-state index contributed by atoms with van der Waals surface area (Å²) >= 11 is 0. The third-order valence-corrected chi connectivity index (χ3v) is 8.53. The molecule has 0 aromatic heterocycles. The molecule has 3 atom stereocenters. The van der Waals surface area contributed by atoms with Crippen LogP contribution in [0.4, 0.5) is 0 Å². The van der Waals surface area contributed by atoms with Crippen molar-refractivity contribution >= 4 is 11.9 Å². The lowest BCUT2D eigenvalue weighted by atomic mass is 9.66. The number of hydrogen-bond donors (Lipinski definition) is 2. The fourth-order valence-corrected chi connectivity index (χ4v) is 5.65. The van der Waals surface area contributed by atoms with Crippen molar-refractivity contribution in [2.24, 2.45) is 22.7 Å². The van der Waals surface area contributed by atoms with Gasteiger partial charge in [0.2, 0.25) is 0 Å².